The van der Waals surface area contributed by atoms with Crippen LogP contribution < -0.4 is 10.7 Å². The molecule has 0 fully saturated rings. The monoisotopic (exact) mass is 405 g/mol. The molecule has 0 saturated heterocycles. The third kappa shape index (κ3) is 6.70. The molecule has 2 rings (SSSR count). The van der Waals surface area contributed by atoms with E-state index in [0.717, 1.165) is 11.3 Å². The van der Waals surface area contributed by atoms with Crippen molar-refractivity contribution in [2.24, 2.45) is 11.0 Å². The topological polar surface area (TPSA) is 70.6 Å². The van der Waals surface area contributed by atoms with Crippen LogP contribution in [0.3, 0.4) is 0 Å². The molecule has 2 aromatic rings. The minimum absolute atomic E-state index is 0.0146. The highest BCUT2D eigenvalue weighted by Crippen LogP contribution is 2.25. The lowest BCUT2D eigenvalue weighted by molar-refractivity contribution is -0.124. The number of nitrogens with one attached hydrogen (secondary N) is 2. The molecule has 0 aromatic heterocycles. The number of nitrogens with zero attached hydrogens (tertiary/aromatic N) is 1. The summed E-state index contributed by atoms with van der Waals surface area (Å²) in [5.74, 6) is -0.505. The molecule has 0 heterocycles. The fourth-order valence-corrected chi connectivity index (χ4v) is 2.80. The van der Waals surface area contributed by atoms with Crippen LogP contribution in [0.1, 0.15) is 32.3 Å². The molecule has 0 unspecified atom stereocenters. The number of hydrogen-bond acceptors (Lipinski definition) is 3. The summed E-state index contributed by atoms with van der Waals surface area (Å²) in [6, 6.07) is 14.4. The van der Waals surface area contributed by atoms with Crippen molar-refractivity contribution in [1.29, 1.82) is 0 Å². The van der Waals surface area contributed by atoms with Crippen molar-refractivity contribution in [3.63, 3.8) is 0 Å². The second-order valence-corrected chi connectivity index (χ2v) is 7.07. The standard InChI is InChI=1S/C20H21Cl2N3O2/c1-13(2)20(14-6-4-3-5-7-14)25-24-19(27)11-10-18(26)23-17-9-8-15(21)12-16(17)22/h3-9,12-13H,10-11H2,1-2H3,(H,23,26)(H,24,27)/b25-20-. The lowest BCUT2D eigenvalue weighted by Crippen LogP contribution is -2.23. The second kappa shape index (κ2) is 10.1. The molecule has 0 radical (unpaired) electrons. The van der Waals surface area contributed by atoms with Crippen LogP contribution in [0.15, 0.2) is 53.6 Å². The first kappa shape index (κ1) is 20.9. The third-order valence-electron chi connectivity index (χ3n) is 3.70. The van der Waals surface area contributed by atoms with Gasteiger partial charge >= 0.3 is 0 Å². The van der Waals surface area contributed by atoms with Gasteiger partial charge in [-0.25, -0.2) is 5.43 Å². The van der Waals surface area contributed by atoms with Gasteiger partial charge in [0.05, 0.1) is 16.4 Å². The van der Waals surface area contributed by atoms with Crippen LogP contribution in [0, 0.1) is 5.92 Å². The van der Waals surface area contributed by atoms with Crippen LogP contribution in [-0.2, 0) is 9.59 Å². The molecule has 0 aliphatic carbocycles. The predicted octanol–water partition coefficient (Wildman–Crippen LogP) is 4.89. The Morgan fingerprint density at radius 1 is 1.00 bits per heavy atom. The van der Waals surface area contributed by atoms with E-state index in [1.807, 2.05) is 44.2 Å². The Balaban J connectivity index is 1.88. The van der Waals surface area contributed by atoms with E-state index in [9.17, 15) is 9.59 Å². The van der Waals surface area contributed by atoms with Gasteiger partial charge in [-0.05, 0) is 29.7 Å². The number of carbonyl (C=O) groups excluding carboxylic acids is 2. The number of anilines is 1. The van der Waals surface area contributed by atoms with Crippen molar-refractivity contribution >= 4 is 46.4 Å². The molecular weight excluding hydrogens is 385 g/mol. The van der Waals surface area contributed by atoms with E-state index in [0.29, 0.717) is 15.7 Å². The Bertz CT molecular complexity index is 836. The van der Waals surface area contributed by atoms with Gasteiger partial charge in [-0.1, -0.05) is 67.4 Å². The Morgan fingerprint density at radius 3 is 2.30 bits per heavy atom. The second-order valence-electron chi connectivity index (χ2n) is 6.23. The molecule has 0 bridgehead atoms. The van der Waals surface area contributed by atoms with Gasteiger partial charge in [0.25, 0.3) is 0 Å². The highest BCUT2D eigenvalue weighted by atomic mass is 35.5. The number of benzene rings is 2. The van der Waals surface area contributed by atoms with Crippen molar-refractivity contribution in [3.8, 4) is 0 Å². The number of rotatable bonds is 7. The first-order valence-electron chi connectivity index (χ1n) is 8.53. The van der Waals surface area contributed by atoms with E-state index in [4.69, 9.17) is 23.2 Å². The Kier molecular flexibility index (Phi) is 7.82. The smallest absolute Gasteiger partial charge is 0.240 e. The number of amides is 2. The molecule has 7 heteroatoms. The minimum atomic E-state index is -0.332. The lowest BCUT2D eigenvalue weighted by atomic mass is 10.0. The van der Waals surface area contributed by atoms with E-state index in [1.165, 1.54) is 6.07 Å². The fraction of sp³-hybridized carbons (Fsp3) is 0.250. The van der Waals surface area contributed by atoms with Gasteiger partial charge in [-0.15, -0.1) is 0 Å². The first-order valence-corrected chi connectivity index (χ1v) is 9.29. The maximum absolute atomic E-state index is 12.0. The maximum Gasteiger partial charge on any atom is 0.240 e. The van der Waals surface area contributed by atoms with Crippen molar-refractivity contribution < 1.29 is 9.59 Å². The third-order valence-corrected chi connectivity index (χ3v) is 4.25. The summed E-state index contributed by atoms with van der Waals surface area (Å²) in [7, 11) is 0. The van der Waals surface area contributed by atoms with Gasteiger partial charge in [-0.3, -0.25) is 9.59 Å². The van der Waals surface area contributed by atoms with E-state index in [1.54, 1.807) is 12.1 Å². The van der Waals surface area contributed by atoms with Crippen LogP contribution in [0.5, 0.6) is 0 Å². The first-order chi connectivity index (χ1) is 12.9. The zero-order chi connectivity index (χ0) is 19.8. The van der Waals surface area contributed by atoms with Crippen molar-refractivity contribution in [1.82, 2.24) is 5.43 Å². The molecule has 0 atom stereocenters. The van der Waals surface area contributed by atoms with E-state index in [-0.39, 0.29) is 30.6 Å². The number of carbonyl (C=O) groups is 2. The van der Waals surface area contributed by atoms with Gasteiger partial charge in [-0.2, -0.15) is 5.10 Å². The fourth-order valence-electron chi connectivity index (χ4n) is 2.34. The molecule has 0 saturated carbocycles. The van der Waals surface area contributed by atoms with Gasteiger partial charge in [0.1, 0.15) is 0 Å². The van der Waals surface area contributed by atoms with Gasteiger partial charge in [0.2, 0.25) is 11.8 Å². The lowest BCUT2D eigenvalue weighted by Gasteiger charge is -2.11. The van der Waals surface area contributed by atoms with Crippen molar-refractivity contribution in [2.75, 3.05) is 5.32 Å². The van der Waals surface area contributed by atoms with Gasteiger partial charge in [0.15, 0.2) is 0 Å². The Hall–Kier alpha value is -2.37. The molecule has 2 amide bonds. The largest absolute Gasteiger partial charge is 0.325 e. The summed E-state index contributed by atoms with van der Waals surface area (Å²) in [4.78, 5) is 24.0. The highest BCUT2D eigenvalue weighted by Gasteiger charge is 2.11. The zero-order valence-electron chi connectivity index (χ0n) is 15.1. The normalized spacial score (nSPS) is 11.4. The maximum atomic E-state index is 12.0. The number of hydrazone groups is 1. The summed E-state index contributed by atoms with van der Waals surface area (Å²) in [5, 5.41) is 7.71. The Labute approximate surface area is 168 Å². The minimum Gasteiger partial charge on any atom is -0.325 e. The average Bonchev–Trinajstić information content (AvgIpc) is 2.63. The number of hydrogen-bond donors (Lipinski definition) is 2. The van der Waals surface area contributed by atoms with E-state index >= 15 is 0 Å². The quantitative estimate of drug-likeness (QED) is 0.508. The summed E-state index contributed by atoms with van der Waals surface area (Å²) >= 11 is 11.8. The van der Waals surface area contributed by atoms with Gasteiger partial charge in [0, 0.05) is 17.9 Å². The molecule has 2 N–H and O–H groups in total. The van der Waals surface area contributed by atoms with Crippen LogP contribution in [0.2, 0.25) is 10.0 Å². The molecule has 2 aromatic carbocycles. The van der Waals surface area contributed by atoms with E-state index < -0.39 is 0 Å². The summed E-state index contributed by atoms with van der Waals surface area (Å²) in [6.45, 7) is 4.00. The van der Waals surface area contributed by atoms with Crippen LogP contribution >= 0.6 is 23.2 Å². The van der Waals surface area contributed by atoms with Crippen LogP contribution in [0.4, 0.5) is 5.69 Å². The van der Waals surface area contributed by atoms with Crippen LogP contribution in [-0.4, -0.2) is 17.5 Å². The molecule has 142 valence electrons. The van der Waals surface area contributed by atoms with E-state index in [2.05, 4.69) is 15.8 Å². The van der Waals surface area contributed by atoms with Crippen molar-refractivity contribution in [2.45, 2.75) is 26.7 Å². The summed E-state index contributed by atoms with van der Waals surface area (Å²) in [6.07, 6.45) is 0.0311. The summed E-state index contributed by atoms with van der Waals surface area (Å²) < 4.78 is 0. The Morgan fingerprint density at radius 2 is 1.67 bits per heavy atom. The highest BCUT2D eigenvalue weighted by molar-refractivity contribution is 6.36. The van der Waals surface area contributed by atoms with Crippen LogP contribution in [0.25, 0.3) is 0 Å². The predicted molar refractivity (Wildman–Crippen MR) is 110 cm³/mol. The molecule has 0 spiro atoms. The zero-order valence-corrected chi connectivity index (χ0v) is 16.6. The molecule has 0 aliphatic rings. The SMILES string of the molecule is CC(C)/C(=N/NC(=O)CCC(=O)Nc1ccc(Cl)cc1Cl)c1ccccc1. The molecule has 5 nitrogen and oxygen atoms in total. The van der Waals surface area contributed by atoms with Gasteiger partial charge < -0.3 is 5.32 Å². The average molecular weight is 406 g/mol. The molecule has 27 heavy (non-hydrogen) atoms. The molecular formula is C20H21Cl2N3O2. The summed E-state index contributed by atoms with van der Waals surface area (Å²) in [5.41, 5.74) is 4.71. The number of halogens is 2. The van der Waals surface area contributed by atoms with Crippen molar-refractivity contribution in [3.05, 3.63) is 64.1 Å². The molecule has 0 aliphatic heterocycles.